The maximum Gasteiger partial charge on any atom is -0.00234 e. The van der Waals surface area contributed by atoms with Gasteiger partial charge in [0.2, 0.25) is 0 Å². The Morgan fingerprint density at radius 1 is 0.933 bits per heavy atom. The molecule has 1 aliphatic carbocycles. The lowest BCUT2D eigenvalue weighted by Gasteiger charge is -2.26. The van der Waals surface area contributed by atoms with E-state index in [9.17, 15) is 0 Å². The predicted molar refractivity (Wildman–Crippen MR) is 67.2 cm³/mol. The first-order chi connectivity index (χ1) is 7.36. The van der Waals surface area contributed by atoms with Crippen LogP contribution in [0.3, 0.4) is 0 Å². The summed E-state index contributed by atoms with van der Waals surface area (Å²) in [6.07, 6.45) is 10.1. The Morgan fingerprint density at radius 2 is 1.67 bits per heavy atom. The van der Waals surface area contributed by atoms with Crippen LogP contribution in [0.4, 0.5) is 0 Å². The zero-order valence-electron chi connectivity index (χ0n) is 10.5. The first kappa shape index (κ1) is 13.0. The second-order valence-electron chi connectivity index (χ2n) is 5.06. The van der Waals surface area contributed by atoms with Gasteiger partial charge in [0.15, 0.2) is 0 Å². The molecule has 2 heteroatoms. The van der Waals surface area contributed by atoms with Gasteiger partial charge < -0.3 is 10.6 Å². The van der Waals surface area contributed by atoms with Crippen LogP contribution in [-0.2, 0) is 0 Å². The summed E-state index contributed by atoms with van der Waals surface area (Å²) >= 11 is 0. The molecule has 1 rings (SSSR count). The summed E-state index contributed by atoms with van der Waals surface area (Å²) in [5.41, 5.74) is 0. The first-order valence-corrected chi connectivity index (χ1v) is 6.66. The van der Waals surface area contributed by atoms with E-state index in [0.29, 0.717) is 0 Å². The molecular formula is C13H28N2. The third kappa shape index (κ3) is 5.53. The van der Waals surface area contributed by atoms with Crippen LogP contribution in [0, 0.1) is 11.8 Å². The Morgan fingerprint density at radius 3 is 2.33 bits per heavy atom. The molecule has 2 atom stereocenters. The standard InChI is InChI=1S/C13H28N2/c1-14-9-8-12-6-4-3-5-7-13(10-12)11-15-2/h12-15H,3-11H2,1-2H3. The van der Waals surface area contributed by atoms with E-state index in [0.717, 1.165) is 11.8 Å². The van der Waals surface area contributed by atoms with E-state index in [1.165, 1.54) is 58.0 Å². The van der Waals surface area contributed by atoms with Gasteiger partial charge in [-0.1, -0.05) is 25.7 Å². The van der Waals surface area contributed by atoms with E-state index in [1.54, 1.807) is 0 Å². The summed E-state index contributed by atoms with van der Waals surface area (Å²) in [5.74, 6) is 1.90. The van der Waals surface area contributed by atoms with Crippen molar-refractivity contribution in [1.82, 2.24) is 10.6 Å². The summed E-state index contributed by atoms with van der Waals surface area (Å²) in [6.45, 7) is 2.41. The molecule has 0 heterocycles. The Hall–Kier alpha value is -0.0800. The molecule has 0 saturated heterocycles. The number of rotatable bonds is 5. The van der Waals surface area contributed by atoms with E-state index in [2.05, 4.69) is 24.7 Å². The maximum absolute atomic E-state index is 3.35. The molecule has 0 aromatic carbocycles. The summed E-state index contributed by atoms with van der Waals surface area (Å²) < 4.78 is 0. The largest absolute Gasteiger partial charge is 0.320 e. The van der Waals surface area contributed by atoms with Crippen molar-refractivity contribution in [1.29, 1.82) is 0 Å². The number of nitrogens with one attached hydrogen (secondary N) is 2. The van der Waals surface area contributed by atoms with Crippen molar-refractivity contribution in [2.45, 2.75) is 44.9 Å². The fourth-order valence-corrected chi connectivity index (χ4v) is 2.83. The molecule has 0 bridgehead atoms. The van der Waals surface area contributed by atoms with Crippen LogP contribution in [0.1, 0.15) is 44.9 Å². The second-order valence-corrected chi connectivity index (χ2v) is 5.06. The van der Waals surface area contributed by atoms with Crippen molar-refractivity contribution < 1.29 is 0 Å². The average Bonchev–Trinajstić information content (AvgIpc) is 2.20. The first-order valence-electron chi connectivity index (χ1n) is 6.66. The fraction of sp³-hybridized carbons (Fsp3) is 1.00. The van der Waals surface area contributed by atoms with Gasteiger partial charge in [-0.3, -0.25) is 0 Å². The van der Waals surface area contributed by atoms with Crippen LogP contribution < -0.4 is 10.6 Å². The summed E-state index contributed by atoms with van der Waals surface area (Å²) in [4.78, 5) is 0. The highest BCUT2D eigenvalue weighted by molar-refractivity contribution is 4.72. The Kier molecular flexibility index (Phi) is 7.03. The van der Waals surface area contributed by atoms with E-state index in [1.807, 2.05) is 0 Å². The molecule has 0 spiro atoms. The molecule has 90 valence electrons. The summed E-state index contributed by atoms with van der Waals surface area (Å²) in [5, 5.41) is 6.63. The highest BCUT2D eigenvalue weighted by Gasteiger charge is 2.17. The van der Waals surface area contributed by atoms with Crippen LogP contribution in [-0.4, -0.2) is 27.2 Å². The lowest BCUT2D eigenvalue weighted by molar-refractivity contribution is 0.279. The summed E-state index contributed by atoms with van der Waals surface area (Å²) in [7, 11) is 4.15. The topological polar surface area (TPSA) is 24.1 Å². The van der Waals surface area contributed by atoms with Crippen LogP contribution in [0.15, 0.2) is 0 Å². The zero-order valence-corrected chi connectivity index (χ0v) is 10.5. The van der Waals surface area contributed by atoms with Gasteiger partial charge in [-0.2, -0.15) is 0 Å². The lowest BCUT2D eigenvalue weighted by Crippen LogP contribution is -2.24. The van der Waals surface area contributed by atoms with Crippen molar-refractivity contribution in [2.75, 3.05) is 27.2 Å². The number of hydrogen-bond donors (Lipinski definition) is 2. The van der Waals surface area contributed by atoms with Crippen molar-refractivity contribution in [3.8, 4) is 0 Å². The Bertz CT molecular complexity index is 145. The van der Waals surface area contributed by atoms with Gasteiger partial charge in [-0.25, -0.2) is 0 Å². The zero-order chi connectivity index (χ0) is 10.9. The van der Waals surface area contributed by atoms with Gasteiger partial charge >= 0.3 is 0 Å². The maximum atomic E-state index is 3.35. The molecule has 15 heavy (non-hydrogen) atoms. The van der Waals surface area contributed by atoms with Crippen molar-refractivity contribution in [3.63, 3.8) is 0 Å². The molecule has 1 aliphatic rings. The SMILES string of the molecule is CNCCC1CCCCCC(CNC)C1. The van der Waals surface area contributed by atoms with Gasteiger partial charge in [-0.15, -0.1) is 0 Å². The van der Waals surface area contributed by atoms with Gasteiger partial charge in [0.25, 0.3) is 0 Å². The minimum absolute atomic E-state index is 0.928. The highest BCUT2D eigenvalue weighted by atomic mass is 14.8. The van der Waals surface area contributed by atoms with E-state index in [-0.39, 0.29) is 0 Å². The third-order valence-electron chi connectivity index (χ3n) is 3.69. The quantitative estimate of drug-likeness (QED) is 0.731. The third-order valence-corrected chi connectivity index (χ3v) is 3.69. The minimum Gasteiger partial charge on any atom is -0.320 e. The van der Waals surface area contributed by atoms with Crippen LogP contribution >= 0.6 is 0 Å². The lowest BCUT2D eigenvalue weighted by atomic mass is 9.82. The van der Waals surface area contributed by atoms with Crippen molar-refractivity contribution in [2.24, 2.45) is 11.8 Å². The Labute approximate surface area is 95.2 Å². The molecule has 1 saturated carbocycles. The highest BCUT2D eigenvalue weighted by Crippen LogP contribution is 2.28. The molecule has 1 fully saturated rings. The molecule has 2 N–H and O–H groups in total. The molecule has 0 aromatic heterocycles. The minimum atomic E-state index is 0.928. The second kappa shape index (κ2) is 8.12. The van der Waals surface area contributed by atoms with Gasteiger partial charge in [0, 0.05) is 0 Å². The van der Waals surface area contributed by atoms with Gasteiger partial charge in [-0.05, 0) is 58.3 Å². The normalized spacial score (nSPS) is 28.4. The van der Waals surface area contributed by atoms with Crippen LogP contribution in [0.25, 0.3) is 0 Å². The molecule has 2 unspecified atom stereocenters. The molecule has 0 aliphatic heterocycles. The molecule has 2 nitrogen and oxygen atoms in total. The van der Waals surface area contributed by atoms with Gasteiger partial charge in [0.05, 0.1) is 0 Å². The molecule has 0 aromatic rings. The summed E-state index contributed by atoms with van der Waals surface area (Å²) in [6, 6.07) is 0. The smallest absolute Gasteiger partial charge is 0.00234 e. The molecule has 0 radical (unpaired) electrons. The molecule has 0 amide bonds. The van der Waals surface area contributed by atoms with Crippen LogP contribution in [0.2, 0.25) is 0 Å². The van der Waals surface area contributed by atoms with Crippen molar-refractivity contribution in [3.05, 3.63) is 0 Å². The van der Waals surface area contributed by atoms with Crippen LogP contribution in [0.5, 0.6) is 0 Å². The monoisotopic (exact) mass is 212 g/mol. The average molecular weight is 212 g/mol. The fourth-order valence-electron chi connectivity index (χ4n) is 2.83. The van der Waals surface area contributed by atoms with E-state index in [4.69, 9.17) is 0 Å². The van der Waals surface area contributed by atoms with E-state index >= 15 is 0 Å². The molecular weight excluding hydrogens is 184 g/mol. The number of hydrogen-bond acceptors (Lipinski definition) is 2. The Balaban J connectivity index is 2.31. The van der Waals surface area contributed by atoms with Crippen molar-refractivity contribution >= 4 is 0 Å². The van der Waals surface area contributed by atoms with Gasteiger partial charge in [0.1, 0.15) is 0 Å². The predicted octanol–water partition coefficient (Wildman–Crippen LogP) is 2.40. The van der Waals surface area contributed by atoms with E-state index < -0.39 is 0 Å².